The number of nitrogens with one attached hydrogen (secondary N) is 2. The molecule has 0 bridgehead atoms. The third-order valence-electron chi connectivity index (χ3n) is 2.78. The summed E-state index contributed by atoms with van der Waals surface area (Å²) >= 11 is 0. The minimum absolute atomic E-state index is 0.165. The molecule has 2 N–H and O–H groups in total. The van der Waals surface area contributed by atoms with Crippen molar-refractivity contribution in [1.82, 2.24) is 5.32 Å². The maximum atomic E-state index is 8.67. The molecule has 0 aromatic heterocycles. The molecule has 3 heteroatoms. The van der Waals surface area contributed by atoms with Crippen LogP contribution in [0, 0.1) is 28.6 Å². The van der Waals surface area contributed by atoms with Crippen LogP contribution in [0.4, 0.5) is 0 Å². The van der Waals surface area contributed by atoms with Crippen molar-refractivity contribution in [3.63, 3.8) is 0 Å². The van der Waals surface area contributed by atoms with Crippen LogP contribution in [0.1, 0.15) is 26.2 Å². The molecule has 1 saturated heterocycles. The number of rotatable bonds is 3. The Morgan fingerprint density at radius 2 is 2.46 bits per heavy atom. The van der Waals surface area contributed by atoms with Crippen LogP contribution >= 0.6 is 0 Å². The van der Waals surface area contributed by atoms with E-state index in [0.29, 0.717) is 5.92 Å². The van der Waals surface area contributed by atoms with Gasteiger partial charge in [-0.2, -0.15) is 5.26 Å². The third kappa shape index (κ3) is 2.53. The summed E-state index contributed by atoms with van der Waals surface area (Å²) < 4.78 is 0. The minimum Gasteiger partial charge on any atom is -0.316 e. The first-order valence-electron chi connectivity index (χ1n) is 4.98. The summed E-state index contributed by atoms with van der Waals surface area (Å²) in [6, 6.07) is 1.97. The van der Waals surface area contributed by atoms with Crippen LogP contribution in [0.3, 0.4) is 0 Å². The van der Waals surface area contributed by atoms with Gasteiger partial charge in [-0.3, -0.25) is 5.41 Å². The molecule has 1 heterocycles. The highest BCUT2D eigenvalue weighted by molar-refractivity contribution is 5.98. The lowest BCUT2D eigenvalue weighted by atomic mass is 9.81. The molecule has 0 aliphatic carbocycles. The van der Waals surface area contributed by atoms with E-state index in [1.165, 1.54) is 0 Å². The van der Waals surface area contributed by atoms with E-state index in [-0.39, 0.29) is 11.6 Å². The lowest BCUT2D eigenvalue weighted by molar-refractivity contribution is 0.299. The lowest BCUT2D eigenvalue weighted by Gasteiger charge is -2.30. The Balaban J connectivity index is 2.57. The molecule has 0 spiro atoms. The number of hydrogen-bond acceptors (Lipinski definition) is 3. The van der Waals surface area contributed by atoms with E-state index in [4.69, 9.17) is 10.7 Å². The van der Waals surface area contributed by atoms with Gasteiger partial charge in [-0.15, -0.1) is 0 Å². The van der Waals surface area contributed by atoms with Crippen molar-refractivity contribution in [1.29, 1.82) is 10.7 Å². The highest BCUT2D eigenvalue weighted by atomic mass is 14.9. The zero-order chi connectivity index (χ0) is 9.68. The number of hydrogen-bond donors (Lipinski definition) is 2. The van der Waals surface area contributed by atoms with Crippen LogP contribution in [0.15, 0.2) is 0 Å². The van der Waals surface area contributed by atoms with Crippen LogP contribution in [0.25, 0.3) is 0 Å². The Morgan fingerprint density at radius 1 is 1.69 bits per heavy atom. The van der Waals surface area contributed by atoms with Gasteiger partial charge in [0.2, 0.25) is 0 Å². The fourth-order valence-corrected chi connectivity index (χ4v) is 2.05. The summed E-state index contributed by atoms with van der Waals surface area (Å²) in [5, 5.41) is 19.5. The summed E-state index contributed by atoms with van der Waals surface area (Å²) in [7, 11) is 0. The van der Waals surface area contributed by atoms with Crippen LogP contribution in [-0.2, 0) is 0 Å². The van der Waals surface area contributed by atoms with Gasteiger partial charge >= 0.3 is 0 Å². The summed E-state index contributed by atoms with van der Waals surface area (Å²) in [5.74, 6) is 0.720. The van der Waals surface area contributed by atoms with Crippen LogP contribution in [0.2, 0.25) is 0 Å². The Morgan fingerprint density at radius 3 is 3.08 bits per heavy atom. The molecule has 2 atom stereocenters. The average Bonchev–Trinajstić information content (AvgIpc) is 2.18. The summed E-state index contributed by atoms with van der Waals surface area (Å²) in [5.41, 5.74) is 0.255. The van der Waals surface area contributed by atoms with Crippen molar-refractivity contribution in [2.75, 3.05) is 13.1 Å². The van der Waals surface area contributed by atoms with E-state index in [2.05, 4.69) is 12.2 Å². The summed E-state index contributed by atoms with van der Waals surface area (Å²) in [4.78, 5) is 0. The fraction of sp³-hybridized carbons (Fsp3) is 0.800. The van der Waals surface area contributed by atoms with Crippen molar-refractivity contribution >= 4 is 5.71 Å². The predicted octanol–water partition coefficient (Wildman–Crippen LogP) is 1.56. The SMILES string of the molecule is CCCC1CCNCC1C(=N)C#N. The summed E-state index contributed by atoms with van der Waals surface area (Å²) in [6.45, 7) is 4.02. The Bertz CT molecular complexity index is 215. The molecule has 0 amide bonds. The molecule has 0 radical (unpaired) electrons. The first-order valence-corrected chi connectivity index (χ1v) is 4.98. The molecule has 1 fully saturated rings. The second-order valence-corrected chi connectivity index (χ2v) is 3.67. The van der Waals surface area contributed by atoms with E-state index >= 15 is 0 Å². The van der Waals surface area contributed by atoms with Gasteiger partial charge in [0.25, 0.3) is 0 Å². The van der Waals surface area contributed by atoms with Crippen molar-refractivity contribution in [3.05, 3.63) is 0 Å². The maximum Gasteiger partial charge on any atom is 0.114 e. The second kappa shape index (κ2) is 4.98. The molecule has 13 heavy (non-hydrogen) atoms. The average molecular weight is 179 g/mol. The topological polar surface area (TPSA) is 59.7 Å². The van der Waals surface area contributed by atoms with Crippen LogP contribution < -0.4 is 5.32 Å². The molecule has 1 aliphatic rings. The van der Waals surface area contributed by atoms with Gasteiger partial charge in [-0.1, -0.05) is 13.3 Å². The molecule has 0 saturated carbocycles. The molecule has 2 unspecified atom stereocenters. The van der Waals surface area contributed by atoms with Gasteiger partial charge in [-0.05, 0) is 25.3 Å². The fourth-order valence-electron chi connectivity index (χ4n) is 2.05. The number of piperidine rings is 1. The van der Waals surface area contributed by atoms with Crippen LogP contribution in [-0.4, -0.2) is 18.8 Å². The monoisotopic (exact) mass is 179 g/mol. The lowest BCUT2D eigenvalue weighted by Crippen LogP contribution is -2.40. The second-order valence-electron chi connectivity index (χ2n) is 3.67. The molecule has 1 rings (SSSR count). The third-order valence-corrected chi connectivity index (χ3v) is 2.78. The number of nitriles is 1. The zero-order valence-electron chi connectivity index (χ0n) is 8.14. The standard InChI is InChI=1S/C10H17N3/c1-2-3-8-4-5-13-7-9(8)10(12)6-11/h8-9,12-13H,2-5,7H2,1H3. The van der Waals surface area contributed by atoms with Crippen molar-refractivity contribution in [3.8, 4) is 6.07 Å². The Kier molecular flexibility index (Phi) is 3.91. The molecular formula is C10H17N3. The van der Waals surface area contributed by atoms with E-state index in [1.807, 2.05) is 6.07 Å². The van der Waals surface area contributed by atoms with Gasteiger partial charge in [0.05, 0.1) is 0 Å². The molecule has 0 aromatic rings. The number of nitrogens with zero attached hydrogens (tertiary/aromatic N) is 1. The molecule has 3 nitrogen and oxygen atoms in total. The van der Waals surface area contributed by atoms with Gasteiger partial charge in [0.15, 0.2) is 0 Å². The molecule has 72 valence electrons. The highest BCUT2D eigenvalue weighted by Crippen LogP contribution is 2.24. The normalized spacial score (nSPS) is 28.0. The maximum absolute atomic E-state index is 8.67. The van der Waals surface area contributed by atoms with Gasteiger partial charge in [-0.25, -0.2) is 0 Å². The summed E-state index contributed by atoms with van der Waals surface area (Å²) in [6.07, 6.45) is 3.42. The Labute approximate surface area is 79.6 Å². The highest BCUT2D eigenvalue weighted by Gasteiger charge is 2.27. The van der Waals surface area contributed by atoms with Crippen molar-refractivity contribution < 1.29 is 0 Å². The van der Waals surface area contributed by atoms with E-state index in [9.17, 15) is 0 Å². The first kappa shape index (κ1) is 10.2. The van der Waals surface area contributed by atoms with Crippen molar-refractivity contribution in [2.24, 2.45) is 11.8 Å². The zero-order valence-corrected chi connectivity index (χ0v) is 8.14. The van der Waals surface area contributed by atoms with Crippen LogP contribution in [0.5, 0.6) is 0 Å². The minimum atomic E-state index is 0.165. The van der Waals surface area contributed by atoms with E-state index in [0.717, 1.165) is 32.4 Å². The van der Waals surface area contributed by atoms with Gasteiger partial charge in [0.1, 0.15) is 11.8 Å². The molecule has 0 aromatic carbocycles. The van der Waals surface area contributed by atoms with Gasteiger partial charge < -0.3 is 5.32 Å². The van der Waals surface area contributed by atoms with E-state index < -0.39 is 0 Å². The predicted molar refractivity (Wildman–Crippen MR) is 52.7 cm³/mol. The first-order chi connectivity index (χ1) is 6.29. The van der Waals surface area contributed by atoms with E-state index in [1.54, 1.807) is 0 Å². The quantitative estimate of drug-likeness (QED) is 0.646. The molecule has 1 aliphatic heterocycles. The Hall–Kier alpha value is -0.880. The smallest absolute Gasteiger partial charge is 0.114 e. The largest absolute Gasteiger partial charge is 0.316 e. The van der Waals surface area contributed by atoms with Crippen molar-refractivity contribution in [2.45, 2.75) is 26.2 Å². The molecular weight excluding hydrogens is 162 g/mol. The van der Waals surface area contributed by atoms with Gasteiger partial charge in [0, 0.05) is 12.5 Å².